The second kappa shape index (κ2) is 4.37. The van der Waals surface area contributed by atoms with Crippen molar-refractivity contribution in [2.75, 3.05) is 0 Å². The van der Waals surface area contributed by atoms with Crippen LogP contribution in [0, 0.1) is 0 Å². The van der Waals surface area contributed by atoms with E-state index in [-0.39, 0.29) is 16.9 Å². The van der Waals surface area contributed by atoms with E-state index in [1.165, 1.54) is 0 Å². The summed E-state index contributed by atoms with van der Waals surface area (Å²) in [5.74, 6) is 0.280. The number of benzene rings is 2. The molecule has 0 fully saturated rings. The van der Waals surface area contributed by atoms with Crippen molar-refractivity contribution in [2.24, 2.45) is 0 Å². The highest BCUT2D eigenvalue weighted by molar-refractivity contribution is 5.69. The third-order valence-corrected chi connectivity index (χ3v) is 2.95. The molecule has 18 heavy (non-hydrogen) atoms. The smallest absolute Gasteiger partial charge is 0.123 e. The second-order valence-corrected chi connectivity index (χ2v) is 5.51. The average Bonchev–Trinajstić information content (AvgIpc) is 2.27. The van der Waals surface area contributed by atoms with Crippen LogP contribution in [-0.4, -0.2) is 10.2 Å². The van der Waals surface area contributed by atoms with Crippen LogP contribution in [0.25, 0.3) is 11.1 Å². The van der Waals surface area contributed by atoms with E-state index < -0.39 is 0 Å². The summed E-state index contributed by atoms with van der Waals surface area (Å²) < 4.78 is 0. The number of phenols is 2. The molecule has 2 aromatic rings. The Labute approximate surface area is 108 Å². The van der Waals surface area contributed by atoms with Gasteiger partial charge in [0.25, 0.3) is 0 Å². The molecule has 0 aliphatic carbocycles. The largest absolute Gasteiger partial charge is 0.507 e. The van der Waals surface area contributed by atoms with Crippen LogP contribution in [0.2, 0.25) is 0 Å². The fourth-order valence-corrected chi connectivity index (χ4v) is 2.18. The Balaban J connectivity index is 2.57. The van der Waals surface area contributed by atoms with Crippen LogP contribution in [0.4, 0.5) is 0 Å². The summed E-state index contributed by atoms with van der Waals surface area (Å²) in [7, 11) is 0. The zero-order valence-corrected chi connectivity index (χ0v) is 10.9. The lowest BCUT2D eigenvalue weighted by atomic mass is 9.84. The lowest BCUT2D eigenvalue weighted by molar-refractivity contribution is 0.411. The molecule has 94 valence electrons. The summed E-state index contributed by atoms with van der Waals surface area (Å²) in [6.07, 6.45) is 0. The number of rotatable bonds is 1. The first-order valence-corrected chi connectivity index (χ1v) is 6.01. The first kappa shape index (κ1) is 12.5. The maximum absolute atomic E-state index is 10.1. The molecule has 2 heteroatoms. The predicted octanol–water partition coefficient (Wildman–Crippen LogP) is 4.06. The Kier molecular flexibility index (Phi) is 3.04. The van der Waals surface area contributed by atoms with E-state index in [9.17, 15) is 10.2 Å². The fourth-order valence-electron chi connectivity index (χ4n) is 2.18. The molecule has 2 N–H and O–H groups in total. The van der Waals surface area contributed by atoms with Crippen molar-refractivity contribution in [1.82, 2.24) is 0 Å². The third-order valence-electron chi connectivity index (χ3n) is 2.95. The SMILES string of the molecule is CC(C)(C)c1c(O)cc(-c2ccccc2)cc1O. The molecule has 2 rings (SSSR count). The number of hydrogen-bond donors (Lipinski definition) is 2. The summed E-state index contributed by atoms with van der Waals surface area (Å²) in [6.45, 7) is 5.89. The normalized spacial score (nSPS) is 11.5. The molecule has 2 nitrogen and oxygen atoms in total. The van der Waals surface area contributed by atoms with E-state index in [0.29, 0.717) is 5.56 Å². The minimum Gasteiger partial charge on any atom is -0.507 e. The van der Waals surface area contributed by atoms with Gasteiger partial charge in [-0.05, 0) is 28.7 Å². The summed E-state index contributed by atoms with van der Waals surface area (Å²) in [5.41, 5.74) is 2.09. The lowest BCUT2D eigenvalue weighted by Gasteiger charge is -2.22. The molecule has 0 saturated carbocycles. The molecule has 2 aromatic carbocycles. The lowest BCUT2D eigenvalue weighted by Crippen LogP contribution is -2.11. The Morgan fingerprint density at radius 2 is 1.28 bits per heavy atom. The molecule has 0 aliphatic heterocycles. The quantitative estimate of drug-likeness (QED) is 0.791. The van der Waals surface area contributed by atoms with E-state index >= 15 is 0 Å². The molecule has 0 heterocycles. The maximum atomic E-state index is 10.1. The molecular formula is C16H18O2. The third kappa shape index (κ3) is 2.33. The van der Waals surface area contributed by atoms with E-state index in [1.54, 1.807) is 12.1 Å². The number of aromatic hydroxyl groups is 2. The molecule has 0 saturated heterocycles. The zero-order chi connectivity index (χ0) is 13.3. The van der Waals surface area contributed by atoms with Crippen molar-refractivity contribution in [2.45, 2.75) is 26.2 Å². The monoisotopic (exact) mass is 242 g/mol. The van der Waals surface area contributed by atoms with E-state index in [2.05, 4.69) is 0 Å². The van der Waals surface area contributed by atoms with Crippen LogP contribution in [0.3, 0.4) is 0 Å². The molecule has 0 aliphatic rings. The van der Waals surface area contributed by atoms with E-state index in [4.69, 9.17) is 0 Å². The van der Waals surface area contributed by atoms with Crippen molar-refractivity contribution in [1.29, 1.82) is 0 Å². The van der Waals surface area contributed by atoms with Crippen molar-refractivity contribution in [3.05, 3.63) is 48.0 Å². The molecule has 0 atom stereocenters. The van der Waals surface area contributed by atoms with Crippen molar-refractivity contribution >= 4 is 0 Å². The maximum Gasteiger partial charge on any atom is 0.123 e. The summed E-state index contributed by atoms with van der Waals surface area (Å²) in [6, 6.07) is 13.1. The van der Waals surface area contributed by atoms with Crippen LogP contribution < -0.4 is 0 Å². The molecular weight excluding hydrogens is 224 g/mol. The van der Waals surface area contributed by atoms with Crippen LogP contribution >= 0.6 is 0 Å². The highest BCUT2D eigenvalue weighted by Crippen LogP contribution is 2.40. The van der Waals surface area contributed by atoms with Crippen LogP contribution in [0.5, 0.6) is 11.5 Å². The van der Waals surface area contributed by atoms with Gasteiger partial charge in [0.05, 0.1) is 0 Å². The fraction of sp³-hybridized carbons (Fsp3) is 0.250. The molecule has 0 spiro atoms. The van der Waals surface area contributed by atoms with Gasteiger partial charge in [0, 0.05) is 5.56 Å². The van der Waals surface area contributed by atoms with Gasteiger partial charge in [-0.1, -0.05) is 51.1 Å². The Hall–Kier alpha value is -1.96. The molecule has 0 bridgehead atoms. The zero-order valence-electron chi connectivity index (χ0n) is 10.9. The molecule has 0 unspecified atom stereocenters. The van der Waals surface area contributed by atoms with Gasteiger partial charge in [0.15, 0.2) is 0 Å². The van der Waals surface area contributed by atoms with Gasteiger partial charge >= 0.3 is 0 Å². The minimum absolute atomic E-state index is 0.140. The second-order valence-electron chi connectivity index (χ2n) is 5.51. The van der Waals surface area contributed by atoms with Gasteiger partial charge < -0.3 is 10.2 Å². The summed E-state index contributed by atoms with van der Waals surface area (Å²) >= 11 is 0. The molecule has 0 amide bonds. The van der Waals surface area contributed by atoms with E-state index in [0.717, 1.165) is 11.1 Å². The first-order chi connectivity index (χ1) is 8.39. The van der Waals surface area contributed by atoms with E-state index in [1.807, 2.05) is 51.1 Å². The predicted molar refractivity (Wildman–Crippen MR) is 73.9 cm³/mol. The Morgan fingerprint density at radius 1 is 0.778 bits per heavy atom. The average molecular weight is 242 g/mol. The number of hydrogen-bond acceptors (Lipinski definition) is 2. The summed E-state index contributed by atoms with van der Waals surface area (Å²) in [5, 5.41) is 20.2. The van der Waals surface area contributed by atoms with Gasteiger partial charge in [-0.15, -0.1) is 0 Å². The standard InChI is InChI=1S/C16H18O2/c1-16(2,3)15-13(17)9-12(10-14(15)18)11-7-5-4-6-8-11/h4-10,17-18H,1-3H3. The highest BCUT2D eigenvalue weighted by Gasteiger charge is 2.23. The Morgan fingerprint density at radius 3 is 1.72 bits per heavy atom. The van der Waals surface area contributed by atoms with Crippen molar-refractivity contribution < 1.29 is 10.2 Å². The topological polar surface area (TPSA) is 40.5 Å². The van der Waals surface area contributed by atoms with Crippen molar-refractivity contribution in [3.8, 4) is 22.6 Å². The van der Waals surface area contributed by atoms with Gasteiger partial charge in [-0.3, -0.25) is 0 Å². The minimum atomic E-state index is -0.288. The summed E-state index contributed by atoms with van der Waals surface area (Å²) in [4.78, 5) is 0. The van der Waals surface area contributed by atoms with Crippen LogP contribution in [-0.2, 0) is 5.41 Å². The van der Waals surface area contributed by atoms with Crippen LogP contribution in [0.1, 0.15) is 26.3 Å². The van der Waals surface area contributed by atoms with Crippen LogP contribution in [0.15, 0.2) is 42.5 Å². The highest BCUT2D eigenvalue weighted by atomic mass is 16.3. The number of phenolic OH excluding ortho intramolecular Hbond substituents is 2. The molecule has 0 radical (unpaired) electrons. The van der Waals surface area contributed by atoms with Gasteiger partial charge in [0.2, 0.25) is 0 Å². The van der Waals surface area contributed by atoms with Gasteiger partial charge in [-0.25, -0.2) is 0 Å². The Bertz CT molecular complexity index is 528. The van der Waals surface area contributed by atoms with Gasteiger partial charge in [-0.2, -0.15) is 0 Å². The van der Waals surface area contributed by atoms with Gasteiger partial charge in [0.1, 0.15) is 11.5 Å². The van der Waals surface area contributed by atoms with Crippen molar-refractivity contribution in [3.63, 3.8) is 0 Å². The first-order valence-electron chi connectivity index (χ1n) is 6.01. The molecule has 0 aromatic heterocycles.